The maximum absolute atomic E-state index is 12.0. The molecule has 2 N–H and O–H groups in total. The van der Waals surface area contributed by atoms with E-state index in [0.717, 1.165) is 19.4 Å². The molecule has 0 spiro atoms. The van der Waals surface area contributed by atoms with Crippen molar-refractivity contribution in [3.63, 3.8) is 0 Å². The van der Waals surface area contributed by atoms with E-state index in [1.807, 2.05) is 0 Å². The molecule has 0 unspecified atom stereocenters. The zero-order valence-electron chi connectivity index (χ0n) is 10.5. The molecule has 1 saturated heterocycles. The Bertz CT molecular complexity index is 499. The summed E-state index contributed by atoms with van der Waals surface area (Å²) >= 11 is 5.89. The molecule has 1 aliphatic heterocycles. The first-order valence-electron chi connectivity index (χ1n) is 6.04. The Morgan fingerprint density at radius 2 is 2.26 bits per heavy atom. The van der Waals surface area contributed by atoms with Crippen LogP contribution in [0.5, 0.6) is 0 Å². The summed E-state index contributed by atoms with van der Waals surface area (Å²) in [5, 5.41) is 6.26. The number of halogens is 1. The number of rotatable bonds is 3. The summed E-state index contributed by atoms with van der Waals surface area (Å²) in [6.07, 6.45) is 1.76. The molecule has 5 nitrogen and oxygen atoms in total. The standard InChI is InChI=1S/C13H15ClN2O3/c1-19-13(18)9-5-4-8(14)7-11(9)16-12(17)10-3-2-6-15-10/h4-5,7,10,15H,2-3,6H2,1H3,(H,16,17)/t10-/m1/s1. The van der Waals surface area contributed by atoms with E-state index in [1.165, 1.54) is 13.2 Å². The van der Waals surface area contributed by atoms with Gasteiger partial charge in [-0.05, 0) is 37.6 Å². The minimum Gasteiger partial charge on any atom is -0.465 e. The Morgan fingerprint density at radius 3 is 2.89 bits per heavy atom. The molecular weight excluding hydrogens is 268 g/mol. The van der Waals surface area contributed by atoms with E-state index in [-0.39, 0.29) is 11.9 Å². The number of carbonyl (C=O) groups excluding carboxylic acids is 2. The molecule has 1 aliphatic rings. The lowest BCUT2D eigenvalue weighted by atomic mass is 10.1. The van der Waals surface area contributed by atoms with Gasteiger partial charge in [0.05, 0.1) is 24.4 Å². The second-order valence-electron chi connectivity index (χ2n) is 4.32. The summed E-state index contributed by atoms with van der Waals surface area (Å²) in [4.78, 5) is 23.6. The number of hydrogen-bond donors (Lipinski definition) is 2. The van der Waals surface area contributed by atoms with Crippen LogP contribution < -0.4 is 10.6 Å². The predicted molar refractivity (Wildman–Crippen MR) is 72.4 cm³/mol. The first-order valence-corrected chi connectivity index (χ1v) is 6.41. The van der Waals surface area contributed by atoms with Crippen LogP contribution in [0.4, 0.5) is 5.69 Å². The number of nitrogens with one attached hydrogen (secondary N) is 2. The summed E-state index contributed by atoms with van der Waals surface area (Å²) in [5.41, 5.74) is 0.663. The minimum atomic E-state index is -0.508. The topological polar surface area (TPSA) is 67.4 Å². The highest BCUT2D eigenvalue weighted by Crippen LogP contribution is 2.22. The van der Waals surface area contributed by atoms with Gasteiger partial charge in [-0.25, -0.2) is 4.79 Å². The second kappa shape index (κ2) is 6.04. The van der Waals surface area contributed by atoms with Crippen LogP contribution in [0.3, 0.4) is 0 Å². The van der Waals surface area contributed by atoms with Gasteiger partial charge >= 0.3 is 5.97 Å². The fraction of sp³-hybridized carbons (Fsp3) is 0.385. The number of esters is 1. The van der Waals surface area contributed by atoms with Crippen molar-refractivity contribution in [2.45, 2.75) is 18.9 Å². The Hall–Kier alpha value is -1.59. The van der Waals surface area contributed by atoms with Crippen molar-refractivity contribution in [3.05, 3.63) is 28.8 Å². The average molecular weight is 283 g/mol. The van der Waals surface area contributed by atoms with Gasteiger partial charge in [-0.2, -0.15) is 0 Å². The molecule has 0 aliphatic carbocycles. The van der Waals surface area contributed by atoms with E-state index in [4.69, 9.17) is 11.6 Å². The molecular formula is C13H15ClN2O3. The number of ether oxygens (including phenoxy) is 1. The molecule has 1 aromatic rings. The van der Waals surface area contributed by atoms with Crippen LogP contribution in [0, 0.1) is 0 Å². The minimum absolute atomic E-state index is 0.162. The molecule has 0 aromatic heterocycles. The first-order chi connectivity index (χ1) is 9.11. The largest absolute Gasteiger partial charge is 0.465 e. The summed E-state index contributed by atoms with van der Waals surface area (Å²) in [7, 11) is 1.29. The number of anilines is 1. The first kappa shape index (κ1) is 13.8. The van der Waals surface area contributed by atoms with E-state index in [0.29, 0.717) is 16.3 Å². The smallest absolute Gasteiger partial charge is 0.339 e. The van der Waals surface area contributed by atoms with Crippen LogP contribution in [0.1, 0.15) is 23.2 Å². The van der Waals surface area contributed by atoms with Crippen LogP contribution >= 0.6 is 11.6 Å². The molecule has 1 amide bonds. The van der Waals surface area contributed by atoms with Crippen molar-refractivity contribution in [1.29, 1.82) is 0 Å². The average Bonchev–Trinajstić information content (AvgIpc) is 2.92. The zero-order chi connectivity index (χ0) is 13.8. The highest BCUT2D eigenvalue weighted by atomic mass is 35.5. The molecule has 102 valence electrons. The van der Waals surface area contributed by atoms with Gasteiger partial charge in [0.1, 0.15) is 0 Å². The number of carbonyl (C=O) groups is 2. The van der Waals surface area contributed by atoms with Crippen LogP contribution in [0.25, 0.3) is 0 Å². The number of benzene rings is 1. The van der Waals surface area contributed by atoms with Crippen LogP contribution in [-0.2, 0) is 9.53 Å². The van der Waals surface area contributed by atoms with Crippen molar-refractivity contribution < 1.29 is 14.3 Å². The lowest BCUT2D eigenvalue weighted by Crippen LogP contribution is -2.35. The van der Waals surface area contributed by atoms with Crippen LogP contribution in [0.15, 0.2) is 18.2 Å². The summed E-state index contributed by atoms with van der Waals surface area (Å²) < 4.78 is 4.67. The van der Waals surface area contributed by atoms with Crippen molar-refractivity contribution >= 4 is 29.2 Å². The van der Waals surface area contributed by atoms with E-state index in [9.17, 15) is 9.59 Å². The normalized spacial score (nSPS) is 18.1. The van der Waals surface area contributed by atoms with Crippen molar-refractivity contribution in [1.82, 2.24) is 5.32 Å². The fourth-order valence-electron chi connectivity index (χ4n) is 2.04. The van der Waals surface area contributed by atoms with Gasteiger partial charge in [-0.1, -0.05) is 11.6 Å². The molecule has 19 heavy (non-hydrogen) atoms. The highest BCUT2D eigenvalue weighted by Gasteiger charge is 2.23. The highest BCUT2D eigenvalue weighted by molar-refractivity contribution is 6.31. The molecule has 1 aromatic carbocycles. The van der Waals surface area contributed by atoms with Gasteiger partial charge < -0.3 is 15.4 Å². The molecule has 2 rings (SSSR count). The number of hydrogen-bond acceptors (Lipinski definition) is 4. The summed E-state index contributed by atoms with van der Waals surface area (Å²) in [6.45, 7) is 0.831. The van der Waals surface area contributed by atoms with Crippen molar-refractivity contribution in [3.8, 4) is 0 Å². The lowest BCUT2D eigenvalue weighted by Gasteiger charge is -2.13. The van der Waals surface area contributed by atoms with E-state index >= 15 is 0 Å². The SMILES string of the molecule is COC(=O)c1ccc(Cl)cc1NC(=O)[C@H]1CCCN1. The molecule has 0 radical (unpaired) electrons. The number of methoxy groups -OCH3 is 1. The van der Waals surface area contributed by atoms with Gasteiger partial charge in [0, 0.05) is 5.02 Å². The molecule has 0 bridgehead atoms. The second-order valence-corrected chi connectivity index (χ2v) is 4.76. The Labute approximate surface area is 116 Å². The predicted octanol–water partition coefficient (Wildman–Crippen LogP) is 1.82. The molecule has 1 atom stereocenters. The Balaban J connectivity index is 2.20. The Morgan fingerprint density at radius 1 is 1.47 bits per heavy atom. The van der Waals surface area contributed by atoms with Gasteiger partial charge in [0.25, 0.3) is 0 Å². The zero-order valence-corrected chi connectivity index (χ0v) is 11.3. The summed E-state index contributed by atoms with van der Waals surface area (Å²) in [5.74, 6) is -0.670. The third-order valence-corrected chi connectivity index (χ3v) is 3.26. The number of amides is 1. The van der Waals surface area contributed by atoms with E-state index in [2.05, 4.69) is 15.4 Å². The molecule has 0 saturated carbocycles. The molecule has 1 fully saturated rings. The third kappa shape index (κ3) is 3.24. The van der Waals surface area contributed by atoms with Gasteiger partial charge in [0.15, 0.2) is 0 Å². The van der Waals surface area contributed by atoms with Gasteiger partial charge in [-0.15, -0.1) is 0 Å². The molecule has 6 heteroatoms. The maximum atomic E-state index is 12.0. The Kier molecular flexibility index (Phi) is 4.39. The quantitative estimate of drug-likeness (QED) is 0.830. The van der Waals surface area contributed by atoms with Gasteiger partial charge in [-0.3, -0.25) is 4.79 Å². The monoisotopic (exact) mass is 282 g/mol. The van der Waals surface area contributed by atoms with Crippen molar-refractivity contribution in [2.75, 3.05) is 19.0 Å². The fourth-order valence-corrected chi connectivity index (χ4v) is 2.21. The van der Waals surface area contributed by atoms with E-state index < -0.39 is 5.97 Å². The molecule has 1 heterocycles. The lowest BCUT2D eigenvalue weighted by molar-refractivity contribution is -0.117. The van der Waals surface area contributed by atoms with Gasteiger partial charge in [0.2, 0.25) is 5.91 Å². The van der Waals surface area contributed by atoms with Crippen LogP contribution in [-0.4, -0.2) is 31.6 Å². The maximum Gasteiger partial charge on any atom is 0.339 e. The van der Waals surface area contributed by atoms with E-state index in [1.54, 1.807) is 12.1 Å². The van der Waals surface area contributed by atoms with Crippen LogP contribution in [0.2, 0.25) is 5.02 Å². The summed E-state index contributed by atoms with van der Waals surface area (Å²) in [6, 6.07) is 4.44. The van der Waals surface area contributed by atoms with Crippen molar-refractivity contribution in [2.24, 2.45) is 0 Å². The third-order valence-electron chi connectivity index (χ3n) is 3.02.